The predicted octanol–water partition coefficient (Wildman–Crippen LogP) is 1.96. The molecule has 0 aromatic rings. The minimum Gasteiger partial charge on any atom is -0.443 e. The van der Waals surface area contributed by atoms with Crippen LogP contribution in [0.4, 0.5) is 4.79 Å². The molecule has 0 aliphatic heterocycles. The summed E-state index contributed by atoms with van der Waals surface area (Å²) in [7, 11) is 0. The van der Waals surface area contributed by atoms with Gasteiger partial charge in [0.1, 0.15) is 5.60 Å². The van der Waals surface area contributed by atoms with Crippen molar-refractivity contribution in [3.63, 3.8) is 0 Å². The van der Waals surface area contributed by atoms with Gasteiger partial charge in [-0.05, 0) is 59.3 Å². The number of amides is 1. The number of hydrazine groups is 1. The molecule has 0 aromatic carbocycles. The summed E-state index contributed by atoms with van der Waals surface area (Å²) in [6.07, 6.45) is 3.16. The number of carbonyl (C=O) groups is 1. The summed E-state index contributed by atoms with van der Waals surface area (Å²) in [5, 5.41) is 9.82. The van der Waals surface area contributed by atoms with Crippen LogP contribution in [0.3, 0.4) is 0 Å². The van der Waals surface area contributed by atoms with Gasteiger partial charge in [0.25, 0.3) is 0 Å². The van der Waals surface area contributed by atoms with Gasteiger partial charge in [-0.15, -0.1) is 0 Å². The van der Waals surface area contributed by atoms with Gasteiger partial charge in [-0.3, -0.25) is 5.43 Å². The van der Waals surface area contributed by atoms with E-state index in [-0.39, 0.29) is 0 Å². The molecule has 0 spiro atoms. The van der Waals surface area contributed by atoms with Crippen LogP contribution in [0, 0.1) is 5.92 Å². The Morgan fingerprint density at radius 2 is 1.94 bits per heavy atom. The molecule has 5 nitrogen and oxygen atoms in total. The molecule has 1 amide bonds. The molecule has 3 N–H and O–H groups in total. The smallest absolute Gasteiger partial charge is 0.422 e. The highest BCUT2D eigenvalue weighted by molar-refractivity contribution is 5.66. The molecule has 106 valence electrons. The van der Waals surface area contributed by atoms with E-state index in [0.29, 0.717) is 5.92 Å². The molecular weight excluding hydrogens is 232 g/mol. The first-order chi connectivity index (χ1) is 8.18. The number of hydrogen-bond acceptors (Lipinski definition) is 4. The van der Waals surface area contributed by atoms with Gasteiger partial charge in [0.2, 0.25) is 0 Å². The fourth-order valence-corrected chi connectivity index (χ4v) is 2.07. The van der Waals surface area contributed by atoms with Crippen molar-refractivity contribution in [1.82, 2.24) is 10.9 Å². The molecule has 0 radical (unpaired) electrons. The summed E-state index contributed by atoms with van der Waals surface area (Å²) in [5.41, 5.74) is 4.45. The first kappa shape index (κ1) is 15.2. The third-order valence-corrected chi connectivity index (χ3v) is 3.16. The Balaban J connectivity index is 2.14. The highest BCUT2D eigenvalue weighted by Crippen LogP contribution is 2.30. The Bertz CT molecular complexity index is 274. The molecule has 0 aromatic heterocycles. The highest BCUT2D eigenvalue weighted by Gasteiger charge is 2.28. The van der Waals surface area contributed by atoms with Crippen molar-refractivity contribution in [2.45, 2.75) is 64.6 Å². The third-order valence-electron chi connectivity index (χ3n) is 3.16. The zero-order valence-electron chi connectivity index (χ0n) is 11.9. The second kappa shape index (κ2) is 5.89. The van der Waals surface area contributed by atoms with E-state index in [1.54, 1.807) is 0 Å². The van der Waals surface area contributed by atoms with Gasteiger partial charge in [-0.25, -0.2) is 10.2 Å². The fourth-order valence-electron chi connectivity index (χ4n) is 2.07. The van der Waals surface area contributed by atoms with E-state index in [9.17, 15) is 9.90 Å². The number of nitrogens with one attached hydrogen (secondary N) is 2. The molecule has 0 bridgehead atoms. The summed E-state index contributed by atoms with van der Waals surface area (Å²) >= 11 is 0. The molecule has 1 saturated carbocycles. The second-order valence-corrected chi connectivity index (χ2v) is 6.45. The first-order valence-electron chi connectivity index (χ1n) is 6.62. The number of aliphatic hydroxyl groups is 1. The predicted molar refractivity (Wildman–Crippen MR) is 70.0 cm³/mol. The van der Waals surface area contributed by atoms with E-state index >= 15 is 0 Å². The van der Waals surface area contributed by atoms with Crippen LogP contribution in [-0.2, 0) is 4.74 Å². The standard InChI is InChI=1S/C13H26N2O3/c1-12(2,3)18-11(16)15-14-9-10-5-7-13(4,17)8-6-10/h10,14,17H,5-9H2,1-4H3,(H,15,16). The van der Waals surface area contributed by atoms with Gasteiger partial charge in [0, 0.05) is 6.54 Å². The SMILES string of the molecule is CC1(O)CCC(CNNC(=O)OC(C)(C)C)CC1. The van der Waals surface area contributed by atoms with Crippen LogP contribution in [0.15, 0.2) is 0 Å². The van der Waals surface area contributed by atoms with Crippen LogP contribution < -0.4 is 10.9 Å². The lowest BCUT2D eigenvalue weighted by Crippen LogP contribution is -2.44. The van der Waals surface area contributed by atoms with Gasteiger partial charge in [0.05, 0.1) is 5.60 Å². The maximum Gasteiger partial charge on any atom is 0.422 e. The van der Waals surface area contributed by atoms with E-state index in [2.05, 4.69) is 10.9 Å². The Morgan fingerprint density at radius 3 is 2.44 bits per heavy atom. The Labute approximate surface area is 109 Å². The van der Waals surface area contributed by atoms with Crippen molar-refractivity contribution < 1.29 is 14.6 Å². The molecule has 0 saturated heterocycles. The van der Waals surface area contributed by atoms with E-state index < -0.39 is 17.3 Å². The normalized spacial score (nSPS) is 28.8. The highest BCUT2D eigenvalue weighted by atomic mass is 16.6. The number of hydrogen-bond donors (Lipinski definition) is 3. The van der Waals surface area contributed by atoms with Crippen molar-refractivity contribution >= 4 is 6.09 Å². The fraction of sp³-hybridized carbons (Fsp3) is 0.923. The van der Waals surface area contributed by atoms with Gasteiger partial charge in [0.15, 0.2) is 0 Å². The summed E-state index contributed by atoms with van der Waals surface area (Å²) in [6.45, 7) is 8.09. The number of ether oxygens (including phenoxy) is 1. The summed E-state index contributed by atoms with van der Waals surface area (Å²) in [6, 6.07) is 0. The molecule has 1 aliphatic carbocycles. The second-order valence-electron chi connectivity index (χ2n) is 6.45. The monoisotopic (exact) mass is 258 g/mol. The molecule has 1 rings (SSSR count). The van der Waals surface area contributed by atoms with Crippen LogP contribution in [0.5, 0.6) is 0 Å². The molecule has 1 fully saturated rings. The average Bonchev–Trinajstić information content (AvgIpc) is 2.18. The van der Waals surface area contributed by atoms with Crippen molar-refractivity contribution in [2.75, 3.05) is 6.54 Å². The Kier molecular flexibility index (Phi) is 4.99. The molecule has 18 heavy (non-hydrogen) atoms. The quantitative estimate of drug-likeness (QED) is 0.677. The Morgan fingerprint density at radius 1 is 1.39 bits per heavy atom. The minimum atomic E-state index is -0.505. The molecule has 5 heteroatoms. The summed E-state index contributed by atoms with van der Waals surface area (Å²) in [4.78, 5) is 11.4. The molecule has 0 heterocycles. The van der Waals surface area contributed by atoms with Gasteiger partial charge >= 0.3 is 6.09 Å². The van der Waals surface area contributed by atoms with E-state index in [4.69, 9.17) is 4.74 Å². The number of carbonyl (C=O) groups excluding carboxylic acids is 1. The van der Waals surface area contributed by atoms with Crippen molar-refractivity contribution in [2.24, 2.45) is 5.92 Å². The molecule has 0 atom stereocenters. The van der Waals surface area contributed by atoms with Crippen LogP contribution in [0.2, 0.25) is 0 Å². The molecule has 1 aliphatic rings. The lowest BCUT2D eigenvalue weighted by molar-refractivity contribution is 0.00713. The number of rotatable bonds is 3. The van der Waals surface area contributed by atoms with Crippen LogP contribution >= 0.6 is 0 Å². The zero-order valence-corrected chi connectivity index (χ0v) is 11.9. The Hall–Kier alpha value is -0.810. The van der Waals surface area contributed by atoms with Crippen molar-refractivity contribution in [1.29, 1.82) is 0 Å². The van der Waals surface area contributed by atoms with Crippen LogP contribution in [0.1, 0.15) is 53.4 Å². The van der Waals surface area contributed by atoms with Crippen molar-refractivity contribution in [3.8, 4) is 0 Å². The maximum atomic E-state index is 11.4. The largest absolute Gasteiger partial charge is 0.443 e. The average molecular weight is 258 g/mol. The summed E-state index contributed by atoms with van der Waals surface area (Å²) in [5.74, 6) is 0.500. The van der Waals surface area contributed by atoms with E-state index in [1.165, 1.54) is 0 Å². The van der Waals surface area contributed by atoms with E-state index in [0.717, 1.165) is 32.2 Å². The molecular formula is C13H26N2O3. The third kappa shape index (κ3) is 6.21. The zero-order chi connectivity index (χ0) is 13.8. The van der Waals surface area contributed by atoms with Gasteiger partial charge in [-0.1, -0.05) is 0 Å². The molecule has 0 unspecified atom stereocenters. The van der Waals surface area contributed by atoms with Crippen LogP contribution in [-0.4, -0.2) is 28.9 Å². The lowest BCUT2D eigenvalue weighted by Gasteiger charge is -2.33. The van der Waals surface area contributed by atoms with Gasteiger partial charge in [-0.2, -0.15) is 0 Å². The first-order valence-corrected chi connectivity index (χ1v) is 6.62. The minimum absolute atomic E-state index is 0.453. The van der Waals surface area contributed by atoms with E-state index in [1.807, 2.05) is 27.7 Å². The van der Waals surface area contributed by atoms with Crippen LogP contribution in [0.25, 0.3) is 0 Å². The van der Waals surface area contributed by atoms with Gasteiger partial charge < -0.3 is 9.84 Å². The summed E-state index contributed by atoms with van der Waals surface area (Å²) < 4.78 is 5.11. The van der Waals surface area contributed by atoms with Crippen molar-refractivity contribution in [3.05, 3.63) is 0 Å². The topological polar surface area (TPSA) is 70.6 Å². The maximum absolute atomic E-state index is 11.4. The lowest BCUT2D eigenvalue weighted by atomic mass is 9.80.